The van der Waals surface area contributed by atoms with Gasteiger partial charge in [0.15, 0.2) is 9.84 Å². The third-order valence-corrected chi connectivity index (χ3v) is 6.94. The minimum absolute atomic E-state index is 0.0376. The first kappa shape index (κ1) is 17.4. The van der Waals surface area contributed by atoms with Crippen LogP contribution in [0.5, 0.6) is 0 Å². The Balaban J connectivity index is 2.00. The van der Waals surface area contributed by atoms with Crippen LogP contribution < -0.4 is 4.31 Å². The summed E-state index contributed by atoms with van der Waals surface area (Å²) in [6, 6.07) is 18.3. The Kier molecular flexibility index (Phi) is 4.30. The predicted molar refractivity (Wildman–Crippen MR) is 99.1 cm³/mol. The molecule has 7 heteroatoms. The maximum atomic E-state index is 12.8. The molecule has 0 saturated heterocycles. The molecule has 5 nitrogen and oxygen atoms in total. The van der Waals surface area contributed by atoms with Gasteiger partial charge in [-0.2, -0.15) is 0 Å². The van der Waals surface area contributed by atoms with Crippen molar-refractivity contribution in [3.05, 3.63) is 66.7 Å². The van der Waals surface area contributed by atoms with E-state index in [4.69, 9.17) is 0 Å². The lowest BCUT2D eigenvalue weighted by Gasteiger charge is -2.20. The molecule has 0 aliphatic heterocycles. The van der Waals surface area contributed by atoms with Crippen LogP contribution in [0.15, 0.2) is 76.5 Å². The summed E-state index contributed by atoms with van der Waals surface area (Å²) in [5.74, 6) is 0. The largest absolute Gasteiger partial charge is 0.269 e. The SMILES string of the molecule is CN(c1ccc2ccccc2c1)S(=O)(=O)c1ccc(S(C)(=O)=O)cc1. The van der Waals surface area contributed by atoms with E-state index in [1.54, 1.807) is 12.1 Å². The van der Waals surface area contributed by atoms with Gasteiger partial charge in [-0.3, -0.25) is 4.31 Å². The zero-order valence-corrected chi connectivity index (χ0v) is 15.4. The maximum absolute atomic E-state index is 12.8. The fourth-order valence-electron chi connectivity index (χ4n) is 2.53. The van der Waals surface area contributed by atoms with Crippen molar-refractivity contribution in [2.75, 3.05) is 17.6 Å². The number of anilines is 1. The highest BCUT2D eigenvalue weighted by molar-refractivity contribution is 7.92. The number of benzene rings is 3. The fourth-order valence-corrected chi connectivity index (χ4v) is 4.35. The number of sulfonamides is 1. The van der Waals surface area contributed by atoms with Crippen LogP contribution in [-0.2, 0) is 19.9 Å². The highest BCUT2D eigenvalue weighted by atomic mass is 32.2. The van der Waals surface area contributed by atoms with E-state index in [2.05, 4.69) is 0 Å². The van der Waals surface area contributed by atoms with Gasteiger partial charge in [0.25, 0.3) is 10.0 Å². The van der Waals surface area contributed by atoms with Crippen molar-refractivity contribution in [1.82, 2.24) is 0 Å². The van der Waals surface area contributed by atoms with Gasteiger partial charge >= 0.3 is 0 Å². The van der Waals surface area contributed by atoms with E-state index in [-0.39, 0.29) is 9.79 Å². The second-order valence-electron chi connectivity index (χ2n) is 5.75. The highest BCUT2D eigenvalue weighted by Gasteiger charge is 2.22. The molecule has 130 valence electrons. The number of fused-ring (bicyclic) bond motifs is 1. The van der Waals surface area contributed by atoms with E-state index in [1.165, 1.54) is 35.6 Å². The monoisotopic (exact) mass is 375 g/mol. The topological polar surface area (TPSA) is 71.5 Å². The van der Waals surface area contributed by atoms with Gasteiger partial charge in [-0.25, -0.2) is 16.8 Å². The predicted octanol–water partition coefficient (Wildman–Crippen LogP) is 3.07. The molecule has 0 atom stereocenters. The van der Waals surface area contributed by atoms with Gasteiger partial charge in [0.05, 0.1) is 15.5 Å². The number of hydrogen-bond donors (Lipinski definition) is 0. The average molecular weight is 375 g/mol. The molecule has 0 saturated carbocycles. The van der Waals surface area contributed by atoms with Gasteiger partial charge in [0.2, 0.25) is 0 Å². The first-order valence-electron chi connectivity index (χ1n) is 7.47. The lowest BCUT2D eigenvalue weighted by Crippen LogP contribution is -2.26. The van der Waals surface area contributed by atoms with Gasteiger partial charge < -0.3 is 0 Å². The highest BCUT2D eigenvalue weighted by Crippen LogP contribution is 2.26. The molecule has 0 bridgehead atoms. The molecule has 0 unspecified atom stereocenters. The van der Waals surface area contributed by atoms with E-state index in [9.17, 15) is 16.8 Å². The molecule has 0 aromatic heterocycles. The van der Waals surface area contributed by atoms with Crippen LogP contribution in [0, 0.1) is 0 Å². The normalized spacial score (nSPS) is 12.2. The van der Waals surface area contributed by atoms with Crippen LogP contribution >= 0.6 is 0 Å². The van der Waals surface area contributed by atoms with E-state index < -0.39 is 19.9 Å². The molecule has 3 aromatic carbocycles. The molecule has 0 aliphatic rings. The maximum Gasteiger partial charge on any atom is 0.264 e. The number of sulfone groups is 1. The summed E-state index contributed by atoms with van der Waals surface area (Å²) in [6.45, 7) is 0. The molecule has 0 N–H and O–H groups in total. The fraction of sp³-hybridized carbons (Fsp3) is 0.111. The minimum Gasteiger partial charge on any atom is -0.269 e. The van der Waals surface area contributed by atoms with Crippen LogP contribution in [0.25, 0.3) is 10.8 Å². The molecular weight excluding hydrogens is 358 g/mol. The van der Waals surface area contributed by atoms with Gasteiger partial charge in [0.1, 0.15) is 0 Å². The molecule has 3 rings (SSSR count). The number of nitrogens with zero attached hydrogens (tertiary/aromatic N) is 1. The van der Waals surface area contributed by atoms with Crippen molar-refractivity contribution in [2.24, 2.45) is 0 Å². The quantitative estimate of drug-likeness (QED) is 0.703. The Morgan fingerprint density at radius 3 is 1.88 bits per heavy atom. The molecule has 0 aliphatic carbocycles. The van der Waals surface area contributed by atoms with Crippen molar-refractivity contribution in [3.8, 4) is 0 Å². The van der Waals surface area contributed by atoms with Crippen LogP contribution in [-0.4, -0.2) is 30.1 Å². The zero-order valence-electron chi connectivity index (χ0n) is 13.7. The standard InChI is InChI=1S/C18H17NO4S2/c1-19(16-8-7-14-5-3-4-6-15(14)13-16)25(22,23)18-11-9-17(10-12-18)24(2,20)21/h3-13H,1-2H3. The first-order chi connectivity index (χ1) is 11.7. The van der Waals surface area contributed by atoms with E-state index >= 15 is 0 Å². The Hall–Kier alpha value is -2.38. The van der Waals surface area contributed by atoms with E-state index in [0.717, 1.165) is 17.0 Å². The van der Waals surface area contributed by atoms with Crippen molar-refractivity contribution < 1.29 is 16.8 Å². The van der Waals surface area contributed by atoms with Crippen molar-refractivity contribution >= 4 is 36.3 Å². The number of hydrogen-bond acceptors (Lipinski definition) is 4. The second kappa shape index (κ2) is 6.16. The van der Waals surface area contributed by atoms with Crippen LogP contribution in [0.2, 0.25) is 0 Å². The lowest BCUT2D eigenvalue weighted by molar-refractivity contribution is 0.593. The lowest BCUT2D eigenvalue weighted by atomic mass is 10.1. The van der Waals surface area contributed by atoms with Crippen molar-refractivity contribution in [1.29, 1.82) is 0 Å². The molecule has 0 radical (unpaired) electrons. The van der Waals surface area contributed by atoms with Gasteiger partial charge in [0, 0.05) is 13.3 Å². The molecular formula is C18H17NO4S2. The Morgan fingerprint density at radius 2 is 1.28 bits per heavy atom. The summed E-state index contributed by atoms with van der Waals surface area (Å²) in [6.07, 6.45) is 1.08. The Bertz CT molecular complexity index is 1140. The molecule has 3 aromatic rings. The van der Waals surface area contributed by atoms with Crippen molar-refractivity contribution in [3.63, 3.8) is 0 Å². The first-order valence-corrected chi connectivity index (χ1v) is 10.8. The molecule has 0 amide bonds. The molecule has 0 fully saturated rings. The summed E-state index contributed by atoms with van der Waals surface area (Å²) in [7, 11) is -5.68. The summed E-state index contributed by atoms with van der Waals surface area (Å²) in [5, 5.41) is 1.96. The third kappa shape index (κ3) is 3.38. The van der Waals surface area contributed by atoms with Crippen LogP contribution in [0.3, 0.4) is 0 Å². The van der Waals surface area contributed by atoms with Crippen LogP contribution in [0.1, 0.15) is 0 Å². The summed E-state index contributed by atoms with van der Waals surface area (Å²) >= 11 is 0. The number of rotatable bonds is 4. The smallest absolute Gasteiger partial charge is 0.264 e. The van der Waals surface area contributed by atoms with Gasteiger partial charge in [-0.15, -0.1) is 0 Å². The average Bonchev–Trinajstić information content (AvgIpc) is 2.60. The second-order valence-corrected chi connectivity index (χ2v) is 9.73. The molecule has 25 heavy (non-hydrogen) atoms. The summed E-state index contributed by atoms with van der Waals surface area (Å²) in [5.41, 5.74) is 0.533. The van der Waals surface area contributed by atoms with E-state index in [0.29, 0.717) is 5.69 Å². The Morgan fingerprint density at radius 1 is 0.720 bits per heavy atom. The van der Waals surface area contributed by atoms with Gasteiger partial charge in [-0.1, -0.05) is 30.3 Å². The van der Waals surface area contributed by atoms with Crippen LogP contribution in [0.4, 0.5) is 5.69 Å². The molecule has 0 heterocycles. The summed E-state index contributed by atoms with van der Waals surface area (Å²) in [4.78, 5) is 0.121. The van der Waals surface area contributed by atoms with Gasteiger partial charge in [-0.05, 0) is 47.2 Å². The molecule has 0 spiro atoms. The van der Waals surface area contributed by atoms with E-state index in [1.807, 2.05) is 30.3 Å². The zero-order chi connectivity index (χ0) is 18.2. The minimum atomic E-state index is -3.78. The Labute approximate surface area is 147 Å². The third-order valence-electron chi connectivity index (χ3n) is 4.01. The van der Waals surface area contributed by atoms with Crippen molar-refractivity contribution in [2.45, 2.75) is 9.79 Å². The summed E-state index contributed by atoms with van der Waals surface area (Å²) < 4.78 is 49.8.